The van der Waals surface area contributed by atoms with Gasteiger partial charge in [-0.3, -0.25) is 0 Å². The Hall–Kier alpha value is -1.26. The molecule has 1 aromatic rings. The lowest BCUT2D eigenvalue weighted by Gasteiger charge is -2.23. The molecule has 2 atom stereocenters. The van der Waals surface area contributed by atoms with E-state index in [9.17, 15) is 5.11 Å². The quantitative estimate of drug-likeness (QED) is 0.813. The summed E-state index contributed by atoms with van der Waals surface area (Å²) in [4.78, 5) is 2.18. The normalized spacial score (nSPS) is 23.7. The van der Waals surface area contributed by atoms with Crippen LogP contribution in [0, 0.1) is 0 Å². The first-order valence-electron chi connectivity index (χ1n) is 5.95. The first-order chi connectivity index (χ1) is 8.19. The Labute approximate surface area is 102 Å². The fourth-order valence-corrected chi connectivity index (χ4v) is 2.22. The predicted octanol–water partition coefficient (Wildman–Crippen LogP) is 0.854. The third kappa shape index (κ3) is 3.11. The topological polar surface area (TPSA) is 44.7 Å². The van der Waals surface area contributed by atoms with Crippen molar-refractivity contribution < 1.29 is 9.84 Å². The Morgan fingerprint density at radius 1 is 1.53 bits per heavy atom. The van der Waals surface area contributed by atoms with Crippen LogP contribution in [0.1, 0.15) is 6.42 Å². The van der Waals surface area contributed by atoms with E-state index < -0.39 is 0 Å². The van der Waals surface area contributed by atoms with Crippen LogP contribution in [0.25, 0.3) is 0 Å². The van der Waals surface area contributed by atoms with Gasteiger partial charge < -0.3 is 20.1 Å². The summed E-state index contributed by atoms with van der Waals surface area (Å²) in [5.41, 5.74) is 1.13. The maximum atomic E-state index is 9.46. The van der Waals surface area contributed by atoms with E-state index in [0.29, 0.717) is 12.6 Å². The molecule has 4 heteroatoms. The second-order valence-corrected chi connectivity index (χ2v) is 4.58. The number of methoxy groups -OCH3 is 1. The highest BCUT2D eigenvalue weighted by molar-refractivity contribution is 5.50. The minimum Gasteiger partial charge on any atom is -0.497 e. The molecule has 0 spiro atoms. The van der Waals surface area contributed by atoms with E-state index >= 15 is 0 Å². The lowest BCUT2D eigenvalue weighted by molar-refractivity contribution is 0.193. The molecular weight excluding hydrogens is 216 g/mol. The van der Waals surface area contributed by atoms with E-state index in [-0.39, 0.29) is 6.10 Å². The highest BCUT2D eigenvalue weighted by Crippen LogP contribution is 2.20. The molecule has 0 aromatic heterocycles. The Kier molecular flexibility index (Phi) is 3.86. The summed E-state index contributed by atoms with van der Waals surface area (Å²) in [6.07, 6.45) is 0.632. The fraction of sp³-hybridized carbons (Fsp3) is 0.538. The summed E-state index contributed by atoms with van der Waals surface area (Å²) in [5.74, 6) is 0.869. The number of likely N-dealkylation sites (N-methyl/N-ethyl adjacent to an activating group) is 1. The van der Waals surface area contributed by atoms with Crippen LogP contribution >= 0.6 is 0 Å². The summed E-state index contributed by atoms with van der Waals surface area (Å²) in [7, 11) is 3.73. The Balaban J connectivity index is 1.96. The first-order valence-corrected chi connectivity index (χ1v) is 5.95. The highest BCUT2D eigenvalue weighted by atomic mass is 16.5. The fourth-order valence-electron chi connectivity index (χ4n) is 2.22. The van der Waals surface area contributed by atoms with Gasteiger partial charge in [-0.25, -0.2) is 0 Å². The van der Waals surface area contributed by atoms with Crippen molar-refractivity contribution in [3.63, 3.8) is 0 Å². The van der Waals surface area contributed by atoms with Crippen molar-refractivity contribution in [2.75, 3.05) is 32.1 Å². The molecule has 2 rings (SSSR count). The molecule has 0 aliphatic carbocycles. The van der Waals surface area contributed by atoms with E-state index in [1.165, 1.54) is 0 Å². The number of hydrogen-bond donors (Lipinski definition) is 2. The van der Waals surface area contributed by atoms with E-state index in [2.05, 4.69) is 23.3 Å². The number of rotatable bonds is 4. The number of β-amino-alcohol motifs (C(OH)–C–C–N with tert-alkyl or cyclic N) is 1. The minimum absolute atomic E-state index is 0.196. The van der Waals surface area contributed by atoms with Crippen molar-refractivity contribution in [1.29, 1.82) is 0 Å². The van der Waals surface area contributed by atoms with E-state index in [0.717, 1.165) is 24.4 Å². The average Bonchev–Trinajstić information content (AvgIpc) is 2.75. The third-order valence-corrected chi connectivity index (χ3v) is 3.19. The number of ether oxygens (including phenoxy) is 1. The molecule has 1 heterocycles. The molecule has 17 heavy (non-hydrogen) atoms. The monoisotopic (exact) mass is 236 g/mol. The molecule has 1 aliphatic rings. The van der Waals surface area contributed by atoms with Crippen molar-refractivity contribution in [3.05, 3.63) is 24.3 Å². The van der Waals surface area contributed by atoms with Crippen LogP contribution in [-0.2, 0) is 0 Å². The van der Waals surface area contributed by atoms with Crippen LogP contribution in [0.2, 0.25) is 0 Å². The molecule has 1 aromatic carbocycles. The van der Waals surface area contributed by atoms with Crippen LogP contribution in [0.3, 0.4) is 0 Å². The highest BCUT2D eigenvalue weighted by Gasteiger charge is 2.23. The second-order valence-electron chi connectivity index (χ2n) is 4.58. The van der Waals surface area contributed by atoms with Crippen molar-refractivity contribution in [3.8, 4) is 5.75 Å². The predicted molar refractivity (Wildman–Crippen MR) is 68.7 cm³/mol. The number of aliphatic hydroxyl groups excluding tert-OH is 1. The molecule has 0 amide bonds. The number of hydrogen-bond acceptors (Lipinski definition) is 4. The van der Waals surface area contributed by atoms with Crippen LogP contribution in [0.15, 0.2) is 24.3 Å². The summed E-state index contributed by atoms with van der Waals surface area (Å²) in [6.45, 7) is 1.60. The number of anilines is 1. The van der Waals surface area contributed by atoms with Gasteiger partial charge >= 0.3 is 0 Å². The zero-order chi connectivity index (χ0) is 12.3. The van der Waals surface area contributed by atoms with Crippen LogP contribution in [0.4, 0.5) is 5.69 Å². The van der Waals surface area contributed by atoms with Crippen molar-refractivity contribution >= 4 is 5.69 Å². The summed E-state index contributed by atoms with van der Waals surface area (Å²) in [5, 5.41) is 12.8. The van der Waals surface area contributed by atoms with Crippen LogP contribution < -0.4 is 15.0 Å². The van der Waals surface area contributed by atoms with Crippen LogP contribution in [-0.4, -0.2) is 44.5 Å². The number of benzene rings is 1. The molecule has 1 saturated heterocycles. The molecule has 2 unspecified atom stereocenters. The Morgan fingerprint density at radius 3 is 3.00 bits per heavy atom. The maximum absolute atomic E-state index is 9.46. The average molecular weight is 236 g/mol. The second kappa shape index (κ2) is 5.38. The maximum Gasteiger partial charge on any atom is 0.120 e. The Morgan fingerprint density at radius 2 is 2.35 bits per heavy atom. The molecule has 2 N–H and O–H groups in total. The summed E-state index contributed by atoms with van der Waals surface area (Å²) < 4.78 is 5.21. The lowest BCUT2D eigenvalue weighted by Crippen LogP contribution is -2.35. The van der Waals surface area contributed by atoms with Gasteiger partial charge in [0.05, 0.1) is 13.2 Å². The van der Waals surface area contributed by atoms with E-state index in [1.807, 2.05) is 18.2 Å². The molecule has 94 valence electrons. The third-order valence-electron chi connectivity index (χ3n) is 3.19. The molecule has 4 nitrogen and oxygen atoms in total. The van der Waals surface area contributed by atoms with Gasteiger partial charge in [0.1, 0.15) is 5.75 Å². The largest absolute Gasteiger partial charge is 0.497 e. The minimum atomic E-state index is -0.196. The molecule has 1 aliphatic heterocycles. The van der Waals surface area contributed by atoms with E-state index in [1.54, 1.807) is 7.11 Å². The lowest BCUT2D eigenvalue weighted by atomic mass is 10.2. The van der Waals surface area contributed by atoms with Gasteiger partial charge in [-0.1, -0.05) is 6.07 Å². The van der Waals surface area contributed by atoms with Crippen molar-refractivity contribution in [2.24, 2.45) is 0 Å². The first kappa shape index (κ1) is 12.2. The number of nitrogens with one attached hydrogen (secondary N) is 1. The zero-order valence-electron chi connectivity index (χ0n) is 10.4. The number of aliphatic hydroxyl groups is 1. The van der Waals surface area contributed by atoms with E-state index in [4.69, 9.17) is 4.74 Å². The van der Waals surface area contributed by atoms with Crippen LogP contribution in [0.5, 0.6) is 5.75 Å². The Bertz CT molecular complexity index is 370. The van der Waals surface area contributed by atoms with Gasteiger partial charge in [0.15, 0.2) is 0 Å². The summed E-state index contributed by atoms with van der Waals surface area (Å²) in [6, 6.07) is 8.37. The van der Waals surface area contributed by atoms with Crippen molar-refractivity contribution in [2.45, 2.75) is 18.6 Å². The van der Waals surface area contributed by atoms with Gasteiger partial charge in [0.2, 0.25) is 0 Å². The van der Waals surface area contributed by atoms with Gasteiger partial charge in [0, 0.05) is 37.9 Å². The number of nitrogens with zero attached hydrogens (tertiary/aromatic N) is 1. The van der Waals surface area contributed by atoms with Gasteiger partial charge in [0.25, 0.3) is 0 Å². The standard InChI is InChI=1S/C13H20N2O2/c1-15(9-10-6-12(16)8-14-10)11-4-3-5-13(7-11)17-2/h3-5,7,10,12,14,16H,6,8-9H2,1-2H3. The molecule has 0 radical (unpaired) electrons. The SMILES string of the molecule is COc1cccc(N(C)CC2CC(O)CN2)c1. The molecule has 0 saturated carbocycles. The smallest absolute Gasteiger partial charge is 0.120 e. The molecular formula is C13H20N2O2. The molecule has 1 fully saturated rings. The van der Waals surface area contributed by atoms with Gasteiger partial charge in [-0.05, 0) is 18.6 Å². The van der Waals surface area contributed by atoms with Gasteiger partial charge in [-0.15, -0.1) is 0 Å². The summed E-state index contributed by atoms with van der Waals surface area (Å²) >= 11 is 0. The van der Waals surface area contributed by atoms with Gasteiger partial charge in [-0.2, -0.15) is 0 Å². The molecule has 0 bridgehead atoms. The zero-order valence-corrected chi connectivity index (χ0v) is 10.4. The van der Waals surface area contributed by atoms with Crippen molar-refractivity contribution in [1.82, 2.24) is 5.32 Å².